The average Bonchev–Trinajstić information content (AvgIpc) is 3.30. The van der Waals surface area contributed by atoms with Crippen molar-refractivity contribution in [2.24, 2.45) is 11.8 Å². The molecule has 2 N–H and O–H groups in total. The van der Waals surface area contributed by atoms with Crippen LogP contribution in [-0.2, 0) is 0 Å². The molecule has 0 saturated heterocycles. The Kier molecular flexibility index (Phi) is 2.40. The molecule has 0 unspecified atom stereocenters. The number of aromatic nitrogens is 3. The zero-order valence-electron chi connectivity index (χ0n) is 11.0. The minimum absolute atomic E-state index is 0.567. The van der Waals surface area contributed by atoms with E-state index in [1.807, 2.05) is 23.0 Å². The molecule has 2 fully saturated rings. The van der Waals surface area contributed by atoms with Crippen LogP contribution in [0, 0.1) is 11.8 Å². The summed E-state index contributed by atoms with van der Waals surface area (Å²) < 4.78 is 1.98. The van der Waals surface area contributed by atoms with E-state index in [4.69, 9.17) is 5.73 Å². The van der Waals surface area contributed by atoms with Gasteiger partial charge in [0.1, 0.15) is 5.82 Å². The van der Waals surface area contributed by atoms with Crippen molar-refractivity contribution in [3.05, 3.63) is 18.6 Å². The topological polar surface area (TPSA) is 59.5 Å². The first-order valence-corrected chi connectivity index (χ1v) is 7.14. The van der Waals surface area contributed by atoms with Crippen molar-refractivity contribution in [2.75, 3.05) is 23.7 Å². The van der Waals surface area contributed by atoms with Gasteiger partial charge in [-0.3, -0.25) is 0 Å². The van der Waals surface area contributed by atoms with Gasteiger partial charge in [0.05, 0.1) is 6.20 Å². The van der Waals surface area contributed by atoms with E-state index in [9.17, 15) is 0 Å². The van der Waals surface area contributed by atoms with E-state index in [-0.39, 0.29) is 0 Å². The van der Waals surface area contributed by atoms with Crippen molar-refractivity contribution in [2.45, 2.75) is 25.7 Å². The van der Waals surface area contributed by atoms with Crippen LogP contribution in [0.25, 0.3) is 5.65 Å². The Labute approximate surface area is 112 Å². The lowest BCUT2D eigenvalue weighted by Gasteiger charge is -2.24. The van der Waals surface area contributed by atoms with Gasteiger partial charge in [0.15, 0.2) is 11.5 Å². The van der Waals surface area contributed by atoms with Crippen LogP contribution in [-0.4, -0.2) is 27.5 Å². The van der Waals surface area contributed by atoms with Gasteiger partial charge in [-0.2, -0.15) is 0 Å². The minimum atomic E-state index is 0.567. The third-order valence-electron chi connectivity index (χ3n) is 4.03. The third kappa shape index (κ3) is 2.25. The van der Waals surface area contributed by atoms with Crippen LogP contribution in [0.4, 0.5) is 11.6 Å². The number of nitrogens with two attached hydrogens (primary N) is 1. The lowest BCUT2D eigenvalue weighted by Crippen LogP contribution is -2.29. The van der Waals surface area contributed by atoms with Crippen molar-refractivity contribution in [1.29, 1.82) is 0 Å². The van der Waals surface area contributed by atoms with E-state index < -0.39 is 0 Å². The summed E-state index contributed by atoms with van der Waals surface area (Å²) >= 11 is 0. The molecule has 4 rings (SSSR count). The molecule has 2 aromatic rings. The summed E-state index contributed by atoms with van der Waals surface area (Å²) in [6.07, 6.45) is 11.0. The molecule has 100 valence electrons. The van der Waals surface area contributed by atoms with Gasteiger partial charge in [-0.25, -0.2) is 9.97 Å². The highest BCUT2D eigenvalue weighted by Gasteiger charge is 2.31. The SMILES string of the molecule is Nc1cn2ccnc2c(N(CC2CC2)CC2CC2)n1. The molecule has 5 nitrogen and oxygen atoms in total. The van der Waals surface area contributed by atoms with Gasteiger partial charge in [-0.1, -0.05) is 0 Å². The summed E-state index contributed by atoms with van der Waals surface area (Å²) in [7, 11) is 0. The Morgan fingerprint density at radius 3 is 2.53 bits per heavy atom. The summed E-state index contributed by atoms with van der Waals surface area (Å²) in [5.74, 6) is 3.22. The Morgan fingerprint density at radius 1 is 1.21 bits per heavy atom. The normalized spacial score (nSPS) is 18.9. The molecule has 0 amide bonds. The molecular formula is C14H19N5. The number of hydrogen-bond acceptors (Lipinski definition) is 4. The van der Waals surface area contributed by atoms with E-state index in [1.54, 1.807) is 0 Å². The number of imidazole rings is 1. The van der Waals surface area contributed by atoms with Crippen LogP contribution in [0.1, 0.15) is 25.7 Å². The Balaban J connectivity index is 1.72. The molecule has 0 spiro atoms. The molecule has 2 saturated carbocycles. The highest BCUT2D eigenvalue weighted by molar-refractivity contribution is 5.66. The fourth-order valence-electron chi connectivity index (χ4n) is 2.62. The molecule has 0 radical (unpaired) electrons. The maximum absolute atomic E-state index is 5.93. The van der Waals surface area contributed by atoms with Gasteiger partial charge < -0.3 is 15.0 Å². The second-order valence-electron chi connectivity index (χ2n) is 5.94. The summed E-state index contributed by atoms with van der Waals surface area (Å²) in [6.45, 7) is 2.21. The van der Waals surface area contributed by atoms with E-state index in [0.29, 0.717) is 5.82 Å². The van der Waals surface area contributed by atoms with Crippen LogP contribution in [0.5, 0.6) is 0 Å². The predicted molar refractivity (Wildman–Crippen MR) is 75.1 cm³/mol. The lowest BCUT2D eigenvalue weighted by atomic mass is 10.3. The first-order chi connectivity index (χ1) is 9.29. The standard InChI is InChI=1S/C14H19N5/c15-12-9-18-6-5-16-13(18)14(17-12)19(7-10-1-2-10)8-11-3-4-11/h5-6,9-11H,1-4,7-8,15H2. The highest BCUT2D eigenvalue weighted by Crippen LogP contribution is 2.36. The van der Waals surface area contributed by atoms with Crippen molar-refractivity contribution < 1.29 is 0 Å². The maximum Gasteiger partial charge on any atom is 0.180 e. The molecule has 5 heteroatoms. The monoisotopic (exact) mass is 257 g/mol. The van der Waals surface area contributed by atoms with E-state index in [1.165, 1.54) is 25.7 Å². The van der Waals surface area contributed by atoms with Crippen LogP contribution < -0.4 is 10.6 Å². The summed E-state index contributed by atoms with van der Waals surface area (Å²) in [4.78, 5) is 11.4. The van der Waals surface area contributed by atoms with Gasteiger partial charge in [0.25, 0.3) is 0 Å². The Morgan fingerprint density at radius 2 is 1.89 bits per heavy atom. The Bertz CT molecular complexity index is 583. The van der Waals surface area contributed by atoms with Gasteiger partial charge in [0, 0.05) is 25.5 Å². The zero-order valence-corrected chi connectivity index (χ0v) is 11.0. The summed E-state index contributed by atoms with van der Waals surface area (Å²) in [6, 6.07) is 0. The van der Waals surface area contributed by atoms with Crippen molar-refractivity contribution in [1.82, 2.24) is 14.4 Å². The second-order valence-corrected chi connectivity index (χ2v) is 5.94. The van der Waals surface area contributed by atoms with E-state index >= 15 is 0 Å². The summed E-state index contributed by atoms with van der Waals surface area (Å²) in [5.41, 5.74) is 6.85. The average molecular weight is 257 g/mol. The molecular weight excluding hydrogens is 238 g/mol. The van der Waals surface area contributed by atoms with Crippen LogP contribution in [0.2, 0.25) is 0 Å². The first kappa shape index (κ1) is 11.1. The molecule has 0 aromatic carbocycles. The largest absolute Gasteiger partial charge is 0.382 e. The second kappa shape index (κ2) is 4.11. The molecule has 2 aliphatic rings. The molecule has 2 heterocycles. The van der Waals surface area contributed by atoms with Gasteiger partial charge in [-0.15, -0.1) is 0 Å². The van der Waals surface area contributed by atoms with Gasteiger partial charge in [-0.05, 0) is 37.5 Å². The molecule has 0 aliphatic heterocycles. The van der Waals surface area contributed by atoms with E-state index in [2.05, 4.69) is 14.9 Å². The number of nitrogen functional groups attached to an aromatic ring is 1. The van der Waals surface area contributed by atoms with Crippen LogP contribution in [0.15, 0.2) is 18.6 Å². The lowest BCUT2D eigenvalue weighted by molar-refractivity contribution is 0.672. The molecule has 19 heavy (non-hydrogen) atoms. The molecule has 0 bridgehead atoms. The van der Waals surface area contributed by atoms with Crippen LogP contribution in [0.3, 0.4) is 0 Å². The maximum atomic E-state index is 5.93. The number of fused-ring (bicyclic) bond motifs is 1. The Hall–Kier alpha value is -1.78. The zero-order chi connectivity index (χ0) is 12.8. The third-order valence-corrected chi connectivity index (χ3v) is 4.03. The number of rotatable bonds is 5. The number of anilines is 2. The summed E-state index contributed by atoms with van der Waals surface area (Å²) in [5, 5.41) is 0. The number of nitrogens with zero attached hydrogens (tertiary/aromatic N) is 4. The minimum Gasteiger partial charge on any atom is -0.382 e. The first-order valence-electron chi connectivity index (χ1n) is 7.14. The predicted octanol–water partition coefficient (Wildman–Crippen LogP) is 1.94. The van der Waals surface area contributed by atoms with Gasteiger partial charge >= 0.3 is 0 Å². The molecule has 2 aromatic heterocycles. The fourth-order valence-corrected chi connectivity index (χ4v) is 2.62. The van der Waals surface area contributed by atoms with Crippen molar-refractivity contribution in [3.63, 3.8) is 0 Å². The van der Waals surface area contributed by atoms with Gasteiger partial charge in [0.2, 0.25) is 0 Å². The van der Waals surface area contributed by atoms with Crippen molar-refractivity contribution >= 4 is 17.3 Å². The van der Waals surface area contributed by atoms with Crippen LogP contribution >= 0.6 is 0 Å². The quantitative estimate of drug-likeness (QED) is 0.889. The van der Waals surface area contributed by atoms with E-state index in [0.717, 1.165) is 36.4 Å². The van der Waals surface area contributed by atoms with Crippen molar-refractivity contribution in [3.8, 4) is 0 Å². The smallest absolute Gasteiger partial charge is 0.180 e. The molecule has 0 atom stereocenters. The highest BCUT2D eigenvalue weighted by atomic mass is 15.2. The number of hydrogen-bond donors (Lipinski definition) is 1. The molecule has 2 aliphatic carbocycles. The fraction of sp³-hybridized carbons (Fsp3) is 0.571.